The average Bonchev–Trinajstić information content (AvgIpc) is 3.16. The lowest BCUT2D eigenvalue weighted by Gasteiger charge is -2.49. The minimum atomic E-state index is 0.0417. The zero-order valence-corrected chi connectivity index (χ0v) is 20.4. The first-order valence-corrected chi connectivity index (χ1v) is 12.0. The maximum Gasteiger partial charge on any atom is 0.160 e. The number of methoxy groups -OCH3 is 1. The summed E-state index contributed by atoms with van der Waals surface area (Å²) in [5.74, 6) is 1.80. The van der Waals surface area contributed by atoms with Crippen LogP contribution in [-0.2, 0) is 16.3 Å². The van der Waals surface area contributed by atoms with E-state index in [0.717, 1.165) is 36.1 Å². The number of fused-ring (bicyclic) bond motifs is 5. The fourth-order valence-corrected chi connectivity index (χ4v) is 6.17. The molecule has 0 bridgehead atoms. The lowest BCUT2D eigenvalue weighted by molar-refractivity contribution is 0.0501. The van der Waals surface area contributed by atoms with E-state index in [1.165, 1.54) is 16.8 Å². The average molecular weight is 463 g/mol. The van der Waals surface area contributed by atoms with Crippen LogP contribution in [0.4, 0.5) is 0 Å². The quantitative estimate of drug-likeness (QED) is 0.483. The first kappa shape index (κ1) is 22.8. The van der Waals surface area contributed by atoms with Gasteiger partial charge < -0.3 is 9.84 Å². The summed E-state index contributed by atoms with van der Waals surface area (Å²) in [7, 11) is 3.27. The van der Waals surface area contributed by atoms with E-state index in [1.54, 1.807) is 20.3 Å². The highest BCUT2D eigenvalue weighted by atomic mass is 16.6. The fourth-order valence-electron chi connectivity index (χ4n) is 6.17. The molecule has 34 heavy (non-hydrogen) atoms. The van der Waals surface area contributed by atoms with Crippen molar-refractivity contribution >= 4 is 5.70 Å². The highest BCUT2D eigenvalue weighted by Gasteiger charge is 2.52. The number of phenols is 1. The van der Waals surface area contributed by atoms with Crippen LogP contribution in [-0.4, -0.2) is 19.3 Å². The molecule has 5 rings (SSSR count). The molecule has 1 fully saturated rings. The Morgan fingerprint density at radius 3 is 2.65 bits per heavy atom. The van der Waals surface area contributed by atoms with E-state index in [1.807, 2.05) is 6.07 Å². The van der Waals surface area contributed by atoms with E-state index in [9.17, 15) is 5.11 Å². The number of hydrogen-bond acceptors (Lipinski definition) is 6. The molecule has 0 saturated heterocycles. The van der Waals surface area contributed by atoms with Crippen molar-refractivity contribution in [3.63, 3.8) is 0 Å². The number of hydrogen-bond donors (Lipinski definition) is 3. The highest BCUT2D eigenvalue weighted by molar-refractivity contribution is 5.73. The zero-order valence-electron chi connectivity index (χ0n) is 20.4. The number of rotatable bonds is 7. The summed E-state index contributed by atoms with van der Waals surface area (Å²) in [6.45, 7) is 4.88. The van der Waals surface area contributed by atoms with Gasteiger partial charge in [0.05, 0.1) is 26.5 Å². The Balaban J connectivity index is 1.46. The summed E-state index contributed by atoms with van der Waals surface area (Å²) in [5, 5.41) is 10.5. The van der Waals surface area contributed by atoms with Gasteiger partial charge >= 0.3 is 0 Å². The molecule has 1 saturated carbocycles. The highest BCUT2D eigenvalue weighted by Crippen LogP contribution is 2.60. The largest absolute Gasteiger partial charge is 0.504 e. The van der Waals surface area contributed by atoms with Gasteiger partial charge in [-0.2, -0.15) is 0 Å². The Morgan fingerprint density at radius 2 is 1.91 bits per heavy atom. The summed E-state index contributed by atoms with van der Waals surface area (Å²) < 4.78 is 5.47. The Hall–Kier alpha value is -2.96. The van der Waals surface area contributed by atoms with Crippen molar-refractivity contribution in [3.8, 4) is 11.5 Å². The molecule has 180 valence electrons. The molecule has 0 unspecified atom stereocenters. The van der Waals surface area contributed by atoms with Gasteiger partial charge in [-0.25, -0.2) is 0 Å². The lowest BCUT2D eigenvalue weighted by atomic mass is 9.56. The van der Waals surface area contributed by atoms with E-state index in [4.69, 9.17) is 14.4 Å². The summed E-state index contributed by atoms with van der Waals surface area (Å²) in [6.07, 6.45) is 7.74. The molecule has 3 aliphatic rings. The molecule has 0 spiro atoms. The fraction of sp³-hybridized carbons (Fsp3) is 0.429. The predicted octanol–water partition coefficient (Wildman–Crippen LogP) is 5.34. The summed E-state index contributed by atoms with van der Waals surface area (Å²) in [6, 6.07) is 12.1. The number of hydroxylamine groups is 2. The van der Waals surface area contributed by atoms with Gasteiger partial charge in [0.15, 0.2) is 11.5 Å². The Kier molecular flexibility index (Phi) is 6.04. The molecule has 3 aliphatic carbocycles. The van der Waals surface area contributed by atoms with Crippen molar-refractivity contribution < 1.29 is 19.5 Å². The minimum absolute atomic E-state index is 0.0417. The van der Waals surface area contributed by atoms with Crippen molar-refractivity contribution in [2.24, 2.45) is 17.3 Å². The zero-order chi connectivity index (χ0) is 23.9. The number of phenolic OH excluding ortho intramolecular Hbond substituents is 1. The molecule has 2 aromatic rings. The molecule has 0 radical (unpaired) electrons. The lowest BCUT2D eigenvalue weighted by Crippen LogP contribution is -2.42. The van der Waals surface area contributed by atoms with Gasteiger partial charge in [0, 0.05) is 16.7 Å². The molecule has 4 atom stereocenters. The molecule has 0 heterocycles. The van der Waals surface area contributed by atoms with E-state index < -0.39 is 0 Å². The van der Waals surface area contributed by atoms with Gasteiger partial charge in [-0.1, -0.05) is 48.9 Å². The third-order valence-corrected chi connectivity index (χ3v) is 8.07. The molecule has 2 aromatic carbocycles. The summed E-state index contributed by atoms with van der Waals surface area (Å²) in [4.78, 5) is 11.2. The Labute approximate surface area is 201 Å². The normalized spacial score (nSPS) is 27.1. The van der Waals surface area contributed by atoms with Crippen LogP contribution in [0.25, 0.3) is 5.70 Å². The predicted molar refractivity (Wildman–Crippen MR) is 132 cm³/mol. The number of aryl methyl sites for hydroxylation is 1. The van der Waals surface area contributed by atoms with Crippen LogP contribution in [0.5, 0.6) is 11.5 Å². The first-order valence-electron chi connectivity index (χ1n) is 12.0. The molecular weight excluding hydrogens is 428 g/mol. The monoisotopic (exact) mass is 462 g/mol. The van der Waals surface area contributed by atoms with E-state index in [0.29, 0.717) is 30.1 Å². The number of aromatic hydroxyl groups is 1. The third kappa shape index (κ3) is 3.85. The van der Waals surface area contributed by atoms with Gasteiger partial charge in [-0.3, -0.25) is 20.6 Å². The molecular formula is C28H34N2O4. The van der Waals surface area contributed by atoms with Gasteiger partial charge in [-0.15, -0.1) is 0 Å². The van der Waals surface area contributed by atoms with Crippen LogP contribution in [0, 0.1) is 24.2 Å². The number of nitrogens with one attached hydrogen (secondary N) is 2. The van der Waals surface area contributed by atoms with E-state index in [2.05, 4.69) is 61.2 Å². The second kappa shape index (κ2) is 9.01. The van der Waals surface area contributed by atoms with Crippen molar-refractivity contribution in [3.05, 3.63) is 76.5 Å². The summed E-state index contributed by atoms with van der Waals surface area (Å²) in [5.41, 5.74) is 13.0. The Morgan fingerprint density at radius 1 is 1.12 bits per heavy atom. The van der Waals surface area contributed by atoms with Crippen LogP contribution < -0.4 is 15.7 Å². The molecule has 0 aliphatic heterocycles. The smallest absolute Gasteiger partial charge is 0.160 e. The summed E-state index contributed by atoms with van der Waals surface area (Å²) >= 11 is 0. The van der Waals surface area contributed by atoms with E-state index >= 15 is 0 Å². The number of benzene rings is 2. The topological polar surface area (TPSA) is 72.0 Å². The van der Waals surface area contributed by atoms with Gasteiger partial charge in [0.1, 0.15) is 0 Å². The van der Waals surface area contributed by atoms with Crippen LogP contribution in [0.2, 0.25) is 0 Å². The second-order valence-corrected chi connectivity index (χ2v) is 9.97. The van der Waals surface area contributed by atoms with Gasteiger partial charge in [0.25, 0.3) is 0 Å². The molecule has 0 amide bonds. The van der Waals surface area contributed by atoms with Crippen LogP contribution >= 0.6 is 0 Å². The van der Waals surface area contributed by atoms with Crippen molar-refractivity contribution in [2.45, 2.75) is 45.6 Å². The van der Waals surface area contributed by atoms with Crippen LogP contribution in [0.1, 0.15) is 54.4 Å². The second-order valence-electron chi connectivity index (χ2n) is 9.97. The van der Waals surface area contributed by atoms with Crippen LogP contribution in [0.3, 0.4) is 0 Å². The Bertz CT molecular complexity index is 1120. The van der Waals surface area contributed by atoms with Gasteiger partial charge in [-0.05, 0) is 67.2 Å². The SMILES string of the molecule is CONC1=CC[C@H]2[C@@H]3C=C(NOCc4ccc(C)cc4)c4cc(O)c(OC)cc4[C@H]3CC[C@]12C. The van der Waals surface area contributed by atoms with Gasteiger partial charge in [0.2, 0.25) is 0 Å². The third-order valence-electron chi connectivity index (χ3n) is 8.07. The van der Waals surface area contributed by atoms with Crippen LogP contribution in [0.15, 0.2) is 54.2 Å². The molecule has 3 N–H and O–H groups in total. The molecule has 6 nitrogen and oxygen atoms in total. The number of ether oxygens (including phenoxy) is 1. The number of allylic oxidation sites excluding steroid dienone is 3. The van der Waals surface area contributed by atoms with Crippen molar-refractivity contribution in [1.82, 2.24) is 11.0 Å². The maximum absolute atomic E-state index is 10.5. The molecule has 0 aromatic heterocycles. The molecule has 6 heteroatoms. The first-order chi connectivity index (χ1) is 16.4. The standard InChI is InChI=1S/C28H34N2O4/c1-17-5-7-18(8-6-17)16-34-29-24-13-21-19(20-15-26(32-3)25(31)14-22(20)24)11-12-28(2)23(21)9-10-27(28)30-33-4/h5-8,10,13-15,19,21,23,29-31H,9,11-12,16H2,1-4H3/t19-,21-,23+,28+/m1/s1. The van der Waals surface area contributed by atoms with Crippen molar-refractivity contribution in [2.75, 3.05) is 14.2 Å². The minimum Gasteiger partial charge on any atom is -0.504 e. The van der Waals surface area contributed by atoms with E-state index in [-0.39, 0.29) is 11.2 Å². The van der Waals surface area contributed by atoms with Crippen molar-refractivity contribution in [1.29, 1.82) is 0 Å². The maximum atomic E-state index is 10.5.